The predicted molar refractivity (Wildman–Crippen MR) is 126 cm³/mol. The number of hydrogen-bond acceptors (Lipinski definition) is 6. The maximum Gasteiger partial charge on any atom is 0.255 e. The molecule has 0 spiro atoms. The maximum atomic E-state index is 12.9. The monoisotopic (exact) mass is 439 g/mol. The normalized spacial score (nSPS) is 10.3. The van der Waals surface area contributed by atoms with Crippen LogP contribution in [-0.2, 0) is 13.0 Å². The number of benzene rings is 1. The van der Waals surface area contributed by atoms with Gasteiger partial charge >= 0.3 is 0 Å². The third-order valence-electron chi connectivity index (χ3n) is 4.88. The summed E-state index contributed by atoms with van der Waals surface area (Å²) in [4.78, 5) is 23.0. The van der Waals surface area contributed by atoms with Crippen LogP contribution in [0.15, 0.2) is 78.4 Å². The Hall–Kier alpha value is -4.02. The SMILES string of the molecule is N#Cc1ccccc1-c1ccc(C(=O)NCc2cccnc2)c(NCCc2cccs2)n1. The van der Waals surface area contributed by atoms with Crippen LogP contribution < -0.4 is 10.6 Å². The van der Waals surface area contributed by atoms with Gasteiger partial charge in [0.2, 0.25) is 0 Å². The lowest BCUT2D eigenvalue weighted by molar-refractivity contribution is 0.0951. The van der Waals surface area contributed by atoms with Crippen molar-refractivity contribution in [3.63, 3.8) is 0 Å². The van der Waals surface area contributed by atoms with E-state index >= 15 is 0 Å². The van der Waals surface area contributed by atoms with Gasteiger partial charge in [-0.1, -0.05) is 30.3 Å². The van der Waals surface area contributed by atoms with E-state index in [1.165, 1.54) is 4.88 Å². The standard InChI is InChI=1S/C25H21N5OS/c26-15-19-6-1-2-8-21(19)23-10-9-22(25(31)29-17-18-5-3-12-27-16-18)24(30-23)28-13-11-20-7-4-14-32-20/h1-10,12,14,16H,11,13,17H2,(H,28,30)(H,29,31). The second-order valence-electron chi connectivity index (χ2n) is 7.05. The van der Waals surface area contributed by atoms with E-state index in [1.54, 1.807) is 41.9 Å². The van der Waals surface area contributed by atoms with Crippen LogP contribution in [0.5, 0.6) is 0 Å². The molecule has 0 aliphatic rings. The highest BCUT2D eigenvalue weighted by atomic mass is 32.1. The van der Waals surface area contributed by atoms with Gasteiger partial charge in [-0.15, -0.1) is 11.3 Å². The molecule has 158 valence electrons. The second kappa shape index (κ2) is 10.3. The molecule has 2 N–H and O–H groups in total. The van der Waals surface area contributed by atoms with Crippen LogP contribution in [0.4, 0.5) is 5.82 Å². The van der Waals surface area contributed by atoms with Crippen LogP contribution in [0.25, 0.3) is 11.3 Å². The molecule has 1 aromatic carbocycles. The molecule has 0 saturated heterocycles. The topological polar surface area (TPSA) is 90.7 Å². The van der Waals surface area contributed by atoms with Gasteiger partial charge in [0.05, 0.1) is 22.9 Å². The van der Waals surface area contributed by atoms with Gasteiger partial charge in [0.25, 0.3) is 5.91 Å². The number of pyridine rings is 2. The molecule has 3 heterocycles. The molecule has 1 amide bonds. The number of hydrogen-bond donors (Lipinski definition) is 2. The van der Waals surface area contributed by atoms with E-state index in [0.29, 0.717) is 35.7 Å². The summed E-state index contributed by atoms with van der Waals surface area (Å²) in [5.74, 6) is 0.274. The van der Waals surface area contributed by atoms with E-state index in [2.05, 4.69) is 27.8 Å². The summed E-state index contributed by atoms with van der Waals surface area (Å²) in [5, 5.41) is 17.8. The highest BCUT2D eigenvalue weighted by molar-refractivity contribution is 7.09. The van der Waals surface area contributed by atoms with Crippen molar-refractivity contribution in [3.05, 3.63) is 100 Å². The molecule has 7 heteroatoms. The number of nitrogens with one attached hydrogen (secondary N) is 2. The molecule has 0 radical (unpaired) electrons. The van der Waals surface area contributed by atoms with Gasteiger partial charge in [0.15, 0.2) is 0 Å². The quantitative estimate of drug-likeness (QED) is 0.417. The minimum atomic E-state index is -0.222. The van der Waals surface area contributed by atoms with Gasteiger partial charge < -0.3 is 10.6 Å². The van der Waals surface area contributed by atoms with Gasteiger partial charge in [-0.2, -0.15) is 5.26 Å². The Kier molecular flexibility index (Phi) is 6.85. The van der Waals surface area contributed by atoms with Gasteiger partial charge in [-0.25, -0.2) is 4.98 Å². The van der Waals surface area contributed by atoms with Crippen molar-refractivity contribution in [2.24, 2.45) is 0 Å². The summed E-state index contributed by atoms with van der Waals surface area (Å²) in [6.45, 7) is 1.01. The summed E-state index contributed by atoms with van der Waals surface area (Å²) in [5.41, 5.74) is 3.29. The number of carbonyl (C=O) groups is 1. The molecule has 0 bridgehead atoms. The molecular weight excluding hydrogens is 418 g/mol. The average Bonchev–Trinajstić information content (AvgIpc) is 3.36. The van der Waals surface area contributed by atoms with E-state index in [4.69, 9.17) is 4.98 Å². The van der Waals surface area contributed by atoms with Crippen molar-refractivity contribution < 1.29 is 4.79 Å². The summed E-state index contributed by atoms with van der Waals surface area (Å²) >= 11 is 1.70. The van der Waals surface area contributed by atoms with Crippen LogP contribution in [0.3, 0.4) is 0 Å². The lowest BCUT2D eigenvalue weighted by Crippen LogP contribution is -2.24. The summed E-state index contributed by atoms with van der Waals surface area (Å²) < 4.78 is 0. The number of anilines is 1. The number of rotatable bonds is 8. The van der Waals surface area contributed by atoms with Crippen molar-refractivity contribution in [2.45, 2.75) is 13.0 Å². The molecule has 4 rings (SSSR count). The zero-order chi connectivity index (χ0) is 22.2. The molecule has 3 aromatic heterocycles. The van der Waals surface area contributed by atoms with E-state index in [-0.39, 0.29) is 5.91 Å². The Bertz CT molecular complexity index is 1230. The number of amides is 1. The van der Waals surface area contributed by atoms with Crippen LogP contribution in [0.2, 0.25) is 0 Å². The molecule has 0 saturated carbocycles. The van der Waals surface area contributed by atoms with Crippen molar-refractivity contribution in [2.75, 3.05) is 11.9 Å². The average molecular weight is 440 g/mol. The molecule has 4 aromatic rings. The summed E-state index contributed by atoms with van der Waals surface area (Å²) in [6.07, 6.45) is 4.25. The summed E-state index contributed by atoms with van der Waals surface area (Å²) in [6, 6.07) is 20.9. The number of nitrogens with zero attached hydrogens (tertiary/aromatic N) is 3. The molecule has 0 atom stereocenters. The van der Waals surface area contributed by atoms with Crippen LogP contribution >= 0.6 is 11.3 Å². The third-order valence-corrected chi connectivity index (χ3v) is 5.82. The van der Waals surface area contributed by atoms with Crippen LogP contribution in [-0.4, -0.2) is 22.4 Å². The van der Waals surface area contributed by atoms with Gasteiger partial charge in [0.1, 0.15) is 5.82 Å². The number of carbonyl (C=O) groups excluding carboxylic acids is 1. The minimum absolute atomic E-state index is 0.222. The first-order valence-electron chi connectivity index (χ1n) is 10.2. The Labute approximate surface area is 190 Å². The Morgan fingerprint density at radius 3 is 2.75 bits per heavy atom. The van der Waals surface area contributed by atoms with Crippen molar-refractivity contribution in [1.29, 1.82) is 5.26 Å². The van der Waals surface area contributed by atoms with Crippen molar-refractivity contribution >= 4 is 23.1 Å². The molecule has 32 heavy (non-hydrogen) atoms. The first-order valence-corrected chi connectivity index (χ1v) is 11.1. The second-order valence-corrected chi connectivity index (χ2v) is 8.08. The Morgan fingerprint density at radius 1 is 1.06 bits per heavy atom. The fourth-order valence-corrected chi connectivity index (χ4v) is 3.98. The molecular formula is C25H21N5OS. The zero-order valence-electron chi connectivity index (χ0n) is 17.3. The minimum Gasteiger partial charge on any atom is -0.369 e. The van der Waals surface area contributed by atoms with E-state index in [1.807, 2.05) is 41.8 Å². The fourth-order valence-electron chi connectivity index (χ4n) is 3.27. The van der Waals surface area contributed by atoms with Crippen LogP contribution in [0.1, 0.15) is 26.4 Å². The largest absolute Gasteiger partial charge is 0.369 e. The fraction of sp³-hybridized carbons (Fsp3) is 0.120. The molecule has 0 unspecified atom stereocenters. The van der Waals surface area contributed by atoms with E-state index in [0.717, 1.165) is 17.5 Å². The number of nitriles is 1. The molecule has 0 aliphatic heterocycles. The van der Waals surface area contributed by atoms with Gasteiger partial charge in [-0.05, 0) is 47.7 Å². The Morgan fingerprint density at radius 2 is 1.97 bits per heavy atom. The maximum absolute atomic E-state index is 12.9. The molecule has 0 aliphatic carbocycles. The van der Waals surface area contributed by atoms with Crippen LogP contribution in [0, 0.1) is 11.3 Å². The molecule has 0 fully saturated rings. The third kappa shape index (κ3) is 5.17. The van der Waals surface area contributed by atoms with Crippen molar-refractivity contribution in [3.8, 4) is 17.3 Å². The lowest BCUT2D eigenvalue weighted by Gasteiger charge is -2.14. The molecule has 6 nitrogen and oxygen atoms in total. The Balaban J connectivity index is 1.58. The van der Waals surface area contributed by atoms with Gasteiger partial charge in [-0.3, -0.25) is 9.78 Å². The predicted octanol–water partition coefficient (Wildman–Crippen LogP) is 4.66. The zero-order valence-corrected chi connectivity index (χ0v) is 18.1. The summed E-state index contributed by atoms with van der Waals surface area (Å²) in [7, 11) is 0. The lowest BCUT2D eigenvalue weighted by atomic mass is 10.0. The van der Waals surface area contributed by atoms with E-state index in [9.17, 15) is 10.1 Å². The smallest absolute Gasteiger partial charge is 0.255 e. The first-order chi connectivity index (χ1) is 15.7. The number of thiophene rings is 1. The highest BCUT2D eigenvalue weighted by Gasteiger charge is 2.15. The van der Waals surface area contributed by atoms with Crippen molar-refractivity contribution in [1.82, 2.24) is 15.3 Å². The first kappa shape index (κ1) is 21.2. The van der Waals surface area contributed by atoms with Gasteiger partial charge in [0, 0.05) is 35.9 Å². The van der Waals surface area contributed by atoms with E-state index < -0.39 is 0 Å². The number of aromatic nitrogens is 2. The highest BCUT2D eigenvalue weighted by Crippen LogP contribution is 2.25.